The van der Waals surface area contributed by atoms with Gasteiger partial charge in [0.1, 0.15) is 44.7 Å². The molecule has 0 N–H and O–H groups in total. The zero-order valence-corrected chi connectivity index (χ0v) is 36.0. The number of benzene rings is 2. The molecule has 0 aliphatic heterocycles. The Labute approximate surface area is 364 Å². The van der Waals surface area contributed by atoms with Gasteiger partial charge in [-0.25, -0.2) is 36.0 Å². The average molecular weight is 859 g/mol. The fraction of sp³-hybridized carbons (Fsp3) is 0.600. The third-order valence-electron chi connectivity index (χ3n) is 10.6. The van der Waals surface area contributed by atoms with Crippen LogP contribution in [0.1, 0.15) is 170 Å². The van der Waals surface area contributed by atoms with Crippen LogP contribution in [0.2, 0.25) is 0 Å². The third kappa shape index (κ3) is 14.9. The van der Waals surface area contributed by atoms with Crippen LogP contribution in [0.4, 0.5) is 0 Å². The van der Waals surface area contributed by atoms with Gasteiger partial charge in [-0.2, -0.15) is 0 Å². The van der Waals surface area contributed by atoms with Gasteiger partial charge in [0, 0.05) is 0 Å². The van der Waals surface area contributed by atoms with Crippen molar-refractivity contribution in [1.29, 1.82) is 0 Å². The summed E-state index contributed by atoms with van der Waals surface area (Å²) in [5.74, 6) is -2.93. The first-order chi connectivity index (χ1) is 26.7. The number of hydrogen-bond acceptors (Lipinski definition) is 14. The molecular formula is C40H50CaO14S2. The van der Waals surface area contributed by atoms with Crippen molar-refractivity contribution >= 4 is 81.9 Å². The molecule has 0 unspecified atom stereocenters. The maximum atomic E-state index is 12.5. The van der Waals surface area contributed by atoms with E-state index in [0.29, 0.717) is 0 Å². The third-order valence-corrected chi connectivity index (χ3v) is 12.3. The van der Waals surface area contributed by atoms with Crippen molar-refractivity contribution in [2.75, 3.05) is 0 Å². The first kappa shape index (κ1) is 47.1. The van der Waals surface area contributed by atoms with Crippen molar-refractivity contribution in [3.63, 3.8) is 0 Å². The molecule has 0 spiro atoms. The maximum Gasteiger partial charge on any atom is 2.00 e. The monoisotopic (exact) mass is 858 g/mol. The van der Waals surface area contributed by atoms with E-state index in [9.17, 15) is 45.1 Å². The van der Waals surface area contributed by atoms with Crippen LogP contribution in [-0.4, -0.2) is 112 Å². The second-order valence-electron chi connectivity index (χ2n) is 15.1. The van der Waals surface area contributed by atoms with Gasteiger partial charge in [0.15, 0.2) is 0 Å². The minimum absolute atomic E-state index is 0. The SMILES string of the molecule is O=C(OC1CCCCC1)c1cc(C(=O)OC2CCCCC2)cc(S(=O)(=O)[O-])c1.O=C(OC1CCCCC1)c1cc(C(=O)OC2CCCCC2)cc(S(=O)(=O)[O-])c1.[Ca+2]. The quantitative estimate of drug-likeness (QED) is 0.104. The molecule has 0 amide bonds. The van der Waals surface area contributed by atoms with Crippen molar-refractivity contribution < 1.29 is 64.1 Å². The summed E-state index contributed by atoms with van der Waals surface area (Å²) in [5.41, 5.74) is -0.507. The topological polar surface area (TPSA) is 220 Å². The molecule has 4 saturated carbocycles. The Morgan fingerprint density at radius 1 is 0.386 bits per heavy atom. The molecule has 308 valence electrons. The standard InChI is InChI=1S/2C20H26O7S.Ca/c2*21-19(26-16-7-3-1-4-8-16)14-11-15(13-18(12-14)28(23,24)25)20(22)27-17-9-5-2-6-10-17;/h2*11-13,16-17H,1-10H2,(H,23,24,25);/q;;+2/p-2. The van der Waals surface area contributed by atoms with Crippen molar-refractivity contribution in [3.05, 3.63) is 58.7 Å². The molecule has 57 heavy (non-hydrogen) atoms. The first-order valence-corrected chi connectivity index (χ1v) is 22.5. The zero-order valence-electron chi connectivity index (χ0n) is 32.2. The molecule has 0 radical (unpaired) electrons. The van der Waals surface area contributed by atoms with E-state index in [2.05, 4.69) is 0 Å². The number of hydrogen-bond donors (Lipinski definition) is 0. The molecule has 0 saturated heterocycles. The van der Waals surface area contributed by atoms with Crippen molar-refractivity contribution in [2.24, 2.45) is 0 Å². The van der Waals surface area contributed by atoms with Crippen LogP contribution in [0.5, 0.6) is 0 Å². The van der Waals surface area contributed by atoms with Gasteiger partial charge >= 0.3 is 61.6 Å². The van der Waals surface area contributed by atoms with E-state index in [1.807, 2.05) is 0 Å². The normalized spacial score (nSPS) is 18.8. The van der Waals surface area contributed by atoms with E-state index >= 15 is 0 Å². The van der Waals surface area contributed by atoms with Crippen molar-refractivity contribution in [2.45, 2.75) is 163 Å². The van der Waals surface area contributed by atoms with Crippen molar-refractivity contribution in [3.8, 4) is 0 Å². The Hall–Kier alpha value is -2.60. The molecule has 17 heteroatoms. The zero-order chi connectivity index (χ0) is 40.3. The van der Waals surface area contributed by atoms with Gasteiger partial charge < -0.3 is 28.1 Å². The van der Waals surface area contributed by atoms with Gasteiger partial charge in [0.2, 0.25) is 0 Å². The fourth-order valence-corrected chi connectivity index (χ4v) is 8.65. The predicted octanol–water partition coefficient (Wildman–Crippen LogP) is 6.76. The summed E-state index contributed by atoms with van der Waals surface area (Å²) < 4.78 is 90.8. The second-order valence-corrected chi connectivity index (χ2v) is 17.8. The molecule has 4 fully saturated rings. The van der Waals surface area contributed by atoms with Gasteiger partial charge in [-0.05, 0) is 139 Å². The van der Waals surface area contributed by atoms with E-state index < -0.39 is 53.9 Å². The maximum absolute atomic E-state index is 12.5. The minimum atomic E-state index is -4.85. The molecule has 4 aliphatic rings. The van der Waals surface area contributed by atoms with Crippen LogP contribution in [0.15, 0.2) is 46.2 Å². The van der Waals surface area contributed by atoms with E-state index in [1.165, 1.54) is 12.1 Å². The molecule has 0 bridgehead atoms. The largest absolute Gasteiger partial charge is 2.00 e. The summed E-state index contributed by atoms with van der Waals surface area (Å²) in [6, 6.07) is 6.33. The smallest absolute Gasteiger partial charge is 0.744 e. The molecule has 2 aromatic rings. The number of ether oxygens (including phenoxy) is 4. The summed E-state index contributed by atoms with van der Waals surface area (Å²) in [7, 11) is -9.69. The Balaban J connectivity index is 0.000000248. The van der Waals surface area contributed by atoms with Gasteiger partial charge in [-0.3, -0.25) is 0 Å². The average Bonchev–Trinajstić information content (AvgIpc) is 3.18. The molecule has 0 aromatic heterocycles. The Morgan fingerprint density at radius 3 is 0.754 bits per heavy atom. The van der Waals surface area contributed by atoms with Crippen LogP contribution in [-0.2, 0) is 39.2 Å². The Morgan fingerprint density at radius 2 is 0.579 bits per heavy atom. The van der Waals surface area contributed by atoms with E-state index in [-0.39, 0.29) is 84.4 Å². The second kappa shape index (κ2) is 22.1. The van der Waals surface area contributed by atoms with Gasteiger partial charge in [-0.1, -0.05) is 25.7 Å². The van der Waals surface area contributed by atoms with E-state index in [0.717, 1.165) is 153 Å². The summed E-state index contributed by atoms with van der Waals surface area (Å²) in [4.78, 5) is 48.7. The summed E-state index contributed by atoms with van der Waals surface area (Å²) >= 11 is 0. The Bertz CT molecular complexity index is 1680. The molecule has 2 aromatic carbocycles. The molecule has 4 aliphatic carbocycles. The van der Waals surface area contributed by atoms with Crippen molar-refractivity contribution in [1.82, 2.24) is 0 Å². The van der Waals surface area contributed by atoms with Crippen LogP contribution in [0.3, 0.4) is 0 Å². The molecule has 6 rings (SSSR count). The van der Waals surface area contributed by atoms with Gasteiger partial charge in [0.25, 0.3) is 0 Å². The van der Waals surface area contributed by atoms with E-state index in [4.69, 9.17) is 18.9 Å². The molecule has 0 atom stereocenters. The minimum Gasteiger partial charge on any atom is -0.744 e. The fourth-order valence-electron chi connectivity index (χ4n) is 7.57. The van der Waals surface area contributed by atoms with Gasteiger partial charge in [-0.15, -0.1) is 0 Å². The summed E-state index contributed by atoms with van der Waals surface area (Å²) in [6.45, 7) is 0. The van der Waals surface area contributed by atoms with Crippen LogP contribution < -0.4 is 0 Å². The molecule has 14 nitrogen and oxygen atoms in total. The van der Waals surface area contributed by atoms with Crippen LogP contribution in [0, 0.1) is 0 Å². The number of carbonyl (C=O) groups is 4. The summed E-state index contributed by atoms with van der Waals surface area (Å²) in [6.07, 6.45) is 17.2. The summed E-state index contributed by atoms with van der Waals surface area (Å²) in [5, 5.41) is 0. The van der Waals surface area contributed by atoms with Crippen LogP contribution in [0.25, 0.3) is 0 Å². The van der Waals surface area contributed by atoms with Gasteiger partial charge in [0.05, 0.1) is 32.0 Å². The number of carbonyl (C=O) groups excluding carboxylic acids is 4. The predicted molar refractivity (Wildman–Crippen MR) is 204 cm³/mol. The van der Waals surface area contributed by atoms with Crippen LogP contribution >= 0.6 is 0 Å². The molecular weight excluding hydrogens is 809 g/mol. The molecule has 0 heterocycles. The first-order valence-electron chi connectivity index (χ1n) is 19.7. The van der Waals surface area contributed by atoms with E-state index in [1.54, 1.807) is 0 Å². The number of esters is 4. The Kier molecular flexibility index (Phi) is 18.3. The number of rotatable bonds is 10.